The van der Waals surface area contributed by atoms with E-state index < -0.39 is 30.0 Å². The number of rotatable bonds is 8. The van der Waals surface area contributed by atoms with Gasteiger partial charge in [-0.1, -0.05) is 0 Å². The largest absolute Gasteiger partial charge is 0.481 e. The third-order valence-corrected chi connectivity index (χ3v) is 2.46. The van der Waals surface area contributed by atoms with Gasteiger partial charge in [-0.3, -0.25) is 9.59 Å². The highest BCUT2D eigenvalue weighted by atomic mass is 16.5. The normalized spacial score (nSPS) is 11.3. The second-order valence-corrected chi connectivity index (χ2v) is 3.86. The van der Waals surface area contributed by atoms with Crippen molar-refractivity contribution in [1.82, 2.24) is 10.2 Å². The number of urea groups is 1. The van der Waals surface area contributed by atoms with Gasteiger partial charge in [-0.25, -0.2) is 9.59 Å². The van der Waals surface area contributed by atoms with Crippen molar-refractivity contribution in [3.63, 3.8) is 0 Å². The highest BCUT2D eigenvalue weighted by Gasteiger charge is 2.24. The molecule has 3 N–H and O–H groups in total. The zero-order valence-corrected chi connectivity index (χ0v) is 11.3. The highest BCUT2D eigenvalue weighted by Crippen LogP contribution is 2.00. The maximum Gasteiger partial charge on any atom is 0.326 e. The van der Waals surface area contributed by atoms with Crippen molar-refractivity contribution in [2.75, 3.05) is 20.2 Å². The number of amides is 2. The second-order valence-electron chi connectivity index (χ2n) is 3.86. The molecule has 1 atom stereocenters. The van der Waals surface area contributed by atoms with Crippen molar-refractivity contribution < 1.29 is 34.1 Å². The smallest absolute Gasteiger partial charge is 0.326 e. The SMILES string of the molecule is CCN(CC(=O)OC)C(=O)N[C@@H](CCC(=O)O)C(=O)O. The van der Waals surface area contributed by atoms with Crippen LogP contribution in [-0.4, -0.2) is 65.3 Å². The average Bonchev–Trinajstić information content (AvgIpc) is 2.39. The number of nitrogens with one attached hydrogen (secondary N) is 1. The van der Waals surface area contributed by atoms with Crippen molar-refractivity contribution in [3.05, 3.63) is 0 Å². The zero-order valence-electron chi connectivity index (χ0n) is 11.3. The quantitative estimate of drug-likeness (QED) is 0.513. The average molecular weight is 290 g/mol. The molecule has 0 spiro atoms. The van der Waals surface area contributed by atoms with Gasteiger partial charge in [0.15, 0.2) is 0 Å². The number of aliphatic carboxylic acids is 2. The van der Waals surface area contributed by atoms with Crippen LogP contribution in [0.25, 0.3) is 0 Å². The topological polar surface area (TPSA) is 133 Å². The van der Waals surface area contributed by atoms with E-state index in [1.54, 1.807) is 6.92 Å². The standard InChI is InChI=1S/C11H18N2O7/c1-3-13(6-9(16)20-2)11(19)12-7(10(17)18)4-5-8(14)15/h7H,3-6H2,1-2H3,(H,12,19)(H,14,15)(H,17,18)/t7-/m0/s1. The molecular weight excluding hydrogens is 272 g/mol. The van der Waals surface area contributed by atoms with Gasteiger partial charge in [0.25, 0.3) is 0 Å². The number of carbonyl (C=O) groups excluding carboxylic acids is 2. The summed E-state index contributed by atoms with van der Waals surface area (Å²) in [6.07, 6.45) is -0.632. The first kappa shape index (κ1) is 17.7. The molecule has 0 bridgehead atoms. The Bertz CT molecular complexity index is 383. The van der Waals surface area contributed by atoms with Crippen molar-refractivity contribution in [2.45, 2.75) is 25.8 Å². The summed E-state index contributed by atoms with van der Waals surface area (Å²) in [7, 11) is 1.17. The zero-order chi connectivity index (χ0) is 15.7. The number of carbonyl (C=O) groups is 4. The molecule has 0 heterocycles. The van der Waals surface area contributed by atoms with E-state index in [0.29, 0.717) is 0 Å². The number of methoxy groups -OCH3 is 1. The van der Waals surface area contributed by atoms with Gasteiger partial charge >= 0.3 is 23.9 Å². The number of hydrogen-bond acceptors (Lipinski definition) is 5. The first-order valence-corrected chi connectivity index (χ1v) is 5.88. The molecule has 0 fully saturated rings. The number of carboxylic acids is 2. The van der Waals surface area contributed by atoms with Crippen LogP contribution in [0.3, 0.4) is 0 Å². The summed E-state index contributed by atoms with van der Waals surface area (Å²) >= 11 is 0. The first-order valence-electron chi connectivity index (χ1n) is 5.88. The summed E-state index contributed by atoms with van der Waals surface area (Å²) in [5.74, 6) is -3.14. The van der Waals surface area contributed by atoms with Gasteiger partial charge < -0.3 is 25.2 Å². The summed E-state index contributed by atoms with van der Waals surface area (Å²) in [4.78, 5) is 45.3. The summed E-state index contributed by atoms with van der Waals surface area (Å²) in [6.45, 7) is 1.46. The van der Waals surface area contributed by atoms with E-state index in [0.717, 1.165) is 4.90 Å². The van der Waals surface area contributed by atoms with E-state index in [2.05, 4.69) is 10.1 Å². The molecule has 9 nitrogen and oxygen atoms in total. The van der Waals surface area contributed by atoms with E-state index in [1.165, 1.54) is 7.11 Å². The fourth-order valence-corrected chi connectivity index (χ4v) is 1.31. The molecule has 0 aromatic heterocycles. The molecule has 114 valence electrons. The third kappa shape index (κ3) is 6.57. The minimum atomic E-state index is -1.34. The van der Waals surface area contributed by atoms with Crippen molar-refractivity contribution in [3.8, 4) is 0 Å². The number of esters is 1. The van der Waals surface area contributed by atoms with Gasteiger partial charge in [-0.15, -0.1) is 0 Å². The molecule has 0 radical (unpaired) electrons. The second kappa shape index (κ2) is 8.73. The molecule has 0 aliphatic carbocycles. The van der Waals surface area contributed by atoms with Crippen LogP contribution < -0.4 is 5.32 Å². The molecular formula is C11H18N2O7. The predicted molar refractivity (Wildman–Crippen MR) is 66.1 cm³/mol. The van der Waals surface area contributed by atoms with Gasteiger partial charge in [0.05, 0.1) is 7.11 Å². The number of ether oxygens (including phenoxy) is 1. The lowest BCUT2D eigenvalue weighted by Gasteiger charge is -2.22. The molecule has 0 saturated carbocycles. The molecule has 0 aliphatic heterocycles. The number of carboxylic acid groups (broad SMARTS) is 2. The van der Waals surface area contributed by atoms with Crippen LogP contribution >= 0.6 is 0 Å². The molecule has 0 aromatic rings. The Morgan fingerprint density at radius 2 is 1.85 bits per heavy atom. The number of nitrogens with zero attached hydrogens (tertiary/aromatic N) is 1. The summed E-state index contributed by atoms with van der Waals surface area (Å²) in [6, 6.07) is -2.10. The predicted octanol–water partition coefficient (Wildman–Crippen LogP) is -0.491. The number of likely N-dealkylation sites (N-methyl/N-ethyl adjacent to an activating group) is 1. The molecule has 9 heteroatoms. The van der Waals surface area contributed by atoms with Gasteiger partial charge in [0, 0.05) is 13.0 Å². The van der Waals surface area contributed by atoms with Crippen LogP contribution in [0, 0.1) is 0 Å². The van der Waals surface area contributed by atoms with Gasteiger partial charge in [-0.2, -0.15) is 0 Å². The van der Waals surface area contributed by atoms with E-state index in [4.69, 9.17) is 10.2 Å². The van der Waals surface area contributed by atoms with E-state index >= 15 is 0 Å². The Morgan fingerprint density at radius 3 is 2.25 bits per heavy atom. The summed E-state index contributed by atoms with van der Waals surface area (Å²) in [5, 5.41) is 19.6. The molecule has 0 rings (SSSR count). The Hall–Kier alpha value is -2.32. The minimum Gasteiger partial charge on any atom is -0.481 e. The van der Waals surface area contributed by atoms with Crippen LogP contribution in [-0.2, 0) is 19.1 Å². The van der Waals surface area contributed by atoms with Crippen molar-refractivity contribution in [2.24, 2.45) is 0 Å². The first-order chi connectivity index (χ1) is 9.31. The lowest BCUT2D eigenvalue weighted by Crippen LogP contribution is -2.49. The molecule has 2 amide bonds. The molecule has 0 aromatic carbocycles. The Labute approximate surface area is 115 Å². The molecule has 0 saturated heterocycles. The monoisotopic (exact) mass is 290 g/mol. The van der Waals surface area contributed by atoms with Crippen LogP contribution in [0.4, 0.5) is 4.79 Å². The highest BCUT2D eigenvalue weighted by molar-refractivity contribution is 5.85. The van der Waals surface area contributed by atoms with Gasteiger partial charge in [0.2, 0.25) is 0 Å². The number of hydrogen-bond donors (Lipinski definition) is 3. The van der Waals surface area contributed by atoms with Crippen LogP contribution in [0.2, 0.25) is 0 Å². The molecule has 0 unspecified atom stereocenters. The van der Waals surface area contributed by atoms with E-state index in [9.17, 15) is 19.2 Å². The Kier molecular flexibility index (Phi) is 7.71. The summed E-state index contributed by atoms with van der Waals surface area (Å²) in [5.41, 5.74) is 0. The molecule has 20 heavy (non-hydrogen) atoms. The van der Waals surface area contributed by atoms with Crippen molar-refractivity contribution in [1.29, 1.82) is 0 Å². The van der Waals surface area contributed by atoms with E-state index in [1.807, 2.05) is 0 Å². The van der Waals surface area contributed by atoms with Crippen LogP contribution in [0.1, 0.15) is 19.8 Å². The van der Waals surface area contributed by atoms with Crippen molar-refractivity contribution >= 4 is 23.9 Å². The maximum atomic E-state index is 11.8. The lowest BCUT2D eigenvalue weighted by atomic mass is 10.1. The minimum absolute atomic E-state index is 0.173. The van der Waals surface area contributed by atoms with Gasteiger partial charge in [-0.05, 0) is 13.3 Å². The lowest BCUT2D eigenvalue weighted by molar-refractivity contribution is -0.141. The Balaban J connectivity index is 4.59. The maximum absolute atomic E-state index is 11.8. The van der Waals surface area contributed by atoms with Crippen LogP contribution in [0.5, 0.6) is 0 Å². The third-order valence-electron chi connectivity index (χ3n) is 2.46. The fourth-order valence-electron chi connectivity index (χ4n) is 1.31. The van der Waals surface area contributed by atoms with E-state index in [-0.39, 0.29) is 25.9 Å². The molecule has 0 aliphatic rings. The fraction of sp³-hybridized carbons (Fsp3) is 0.636. The Morgan fingerprint density at radius 1 is 1.25 bits per heavy atom. The van der Waals surface area contributed by atoms with Crippen LogP contribution in [0.15, 0.2) is 0 Å². The summed E-state index contributed by atoms with van der Waals surface area (Å²) < 4.78 is 4.41. The van der Waals surface area contributed by atoms with Gasteiger partial charge in [0.1, 0.15) is 12.6 Å².